The molecule has 0 fully saturated rings. The highest BCUT2D eigenvalue weighted by molar-refractivity contribution is 5.76. The van der Waals surface area contributed by atoms with Crippen LogP contribution in [0.4, 0.5) is 0 Å². The Morgan fingerprint density at radius 2 is 0.725 bits per heavy atom. The van der Waals surface area contributed by atoms with Crippen LogP contribution in [-0.4, -0.2) is 47.4 Å². The van der Waals surface area contributed by atoms with Gasteiger partial charge in [-0.1, -0.05) is 295 Å². The van der Waals surface area contributed by atoms with E-state index in [1.165, 1.54) is 263 Å². The molecule has 0 bridgehead atoms. The fourth-order valence-electron chi connectivity index (χ4n) is 9.73. The van der Waals surface area contributed by atoms with E-state index in [-0.39, 0.29) is 18.5 Å². The second kappa shape index (κ2) is 58.9. The van der Waals surface area contributed by atoms with E-state index in [0.717, 1.165) is 44.9 Å². The van der Waals surface area contributed by atoms with Crippen LogP contribution in [0.1, 0.15) is 341 Å². The van der Waals surface area contributed by atoms with Gasteiger partial charge in [0.25, 0.3) is 0 Å². The second-order valence-electron chi connectivity index (χ2n) is 21.4. The maximum absolute atomic E-state index is 12.5. The molecule has 0 heterocycles. The molecule has 69 heavy (non-hydrogen) atoms. The second-order valence-corrected chi connectivity index (χ2v) is 21.4. The van der Waals surface area contributed by atoms with E-state index in [1.807, 2.05) is 0 Å². The number of esters is 1. The highest BCUT2D eigenvalue weighted by Gasteiger charge is 2.20. The van der Waals surface area contributed by atoms with Gasteiger partial charge in [0.2, 0.25) is 5.91 Å². The van der Waals surface area contributed by atoms with Crippen molar-refractivity contribution in [3.05, 3.63) is 24.3 Å². The first kappa shape index (κ1) is 67.3. The van der Waals surface area contributed by atoms with E-state index in [0.29, 0.717) is 25.9 Å². The number of aliphatic hydroxyl groups is 2. The molecule has 0 aliphatic heterocycles. The molecule has 0 radical (unpaired) electrons. The zero-order chi connectivity index (χ0) is 50.0. The zero-order valence-corrected chi connectivity index (χ0v) is 46.6. The Kier molecular flexibility index (Phi) is 57.5. The molecule has 0 rings (SSSR count). The maximum atomic E-state index is 12.5. The number of unbranched alkanes of at least 4 members (excludes halogenated alkanes) is 43. The van der Waals surface area contributed by atoms with Gasteiger partial charge in [0, 0.05) is 12.8 Å². The first-order chi connectivity index (χ1) is 34.0. The first-order valence-corrected chi connectivity index (χ1v) is 31.1. The van der Waals surface area contributed by atoms with Crippen molar-refractivity contribution in [1.29, 1.82) is 0 Å². The van der Waals surface area contributed by atoms with Gasteiger partial charge in [0.05, 0.1) is 25.4 Å². The number of aliphatic hydroxyl groups excluding tert-OH is 2. The van der Waals surface area contributed by atoms with E-state index in [1.54, 1.807) is 0 Å². The zero-order valence-electron chi connectivity index (χ0n) is 46.6. The van der Waals surface area contributed by atoms with Crippen molar-refractivity contribution in [2.45, 2.75) is 353 Å². The predicted octanol–water partition coefficient (Wildman–Crippen LogP) is 19.4. The van der Waals surface area contributed by atoms with Gasteiger partial charge in [0.15, 0.2) is 0 Å². The molecule has 0 saturated heterocycles. The predicted molar refractivity (Wildman–Crippen MR) is 301 cm³/mol. The molecule has 2 atom stereocenters. The molecule has 0 saturated carbocycles. The number of amides is 1. The van der Waals surface area contributed by atoms with E-state index < -0.39 is 12.1 Å². The minimum Gasteiger partial charge on any atom is -0.466 e. The summed E-state index contributed by atoms with van der Waals surface area (Å²) in [7, 11) is 0. The standard InChI is InChI=1S/C63H121NO5/c1-3-5-7-9-11-13-15-17-18-29-33-37-41-45-49-53-57-63(68)69-58-54-50-46-42-38-34-30-27-25-23-21-19-20-22-24-26-28-32-36-40-44-48-52-56-62(67)64-60(59-65)61(66)55-51-47-43-39-35-31-16-14-12-10-8-6-4-2/h19,21-22,24,60-61,65-66H,3-18,20,23,25-59H2,1-2H3,(H,64,67)/b21-19-,24-22-. The normalized spacial score (nSPS) is 12.7. The lowest BCUT2D eigenvalue weighted by molar-refractivity contribution is -0.143. The van der Waals surface area contributed by atoms with Gasteiger partial charge in [-0.2, -0.15) is 0 Å². The molecule has 0 aromatic heterocycles. The molecular weight excluding hydrogens is 851 g/mol. The Morgan fingerprint density at radius 3 is 1.10 bits per heavy atom. The lowest BCUT2D eigenvalue weighted by Crippen LogP contribution is -2.45. The number of nitrogens with one attached hydrogen (secondary N) is 1. The summed E-state index contributed by atoms with van der Waals surface area (Å²) in [6.45, 7) is 4.96. The Hall–Kier alpha value is -1.66. The quantitative estimate of drug-likeness (QED) is 0.0321. The van der Waals surface area contributed by atoms with Crippen molar-refractivity contribution in [1.82, 2.24) is 5.32 Å². The average molecular weight is 973 g/mol. The van der Waals surface area contributed by atoms with Crippen molar-refractivity contribution < 1.29 is 24.5 Å². The summed E-state index contributed by atoms with van der Waals surface area (Å²) in [6.07, 6.45) is 71.9. The van der Waals surface area contributed by atoms with E-state index in [2.05, 4.69) is 43.5 Å². The Morgan fingerprint density at radius 1 is 0.406 bits per heavy atom. The van der Waals surface area contributed by atoms with Gasteiger partial charge >= 0.3 is 5.97 Å². The van der Waals surface area contributed by atoms with Gasteiger partial charge < -0.3 is 20.3 Å². The number of rotatable bonds is 58. The highest BCUT2D eigenvalue weighted by Crippen LogP contribution is 2.18. The maximum Gasteiger partial charge on any atom is 0.305 e. The molecule has 0 aliphatic rings. The molecule has 2 unspecified atom stereocenters. The molecule has 3 N–H and O–H groups in total. The highest BCUT2D eigenvalue weighted by atomic mass is 16.5. The number of carbonyl (C=O) groups excluding carboxylic acids is 2. The van der Waals surface area contributed by atoms with Crippen molar-refractivity contribution in [2.75, 3.05) is 13.2 Å². The van der Waals surface area contributed by atoms with Gasteiger partial charge in [-0.25, -0.2) is 0 Å². The summed E-state index contributed by atoms with van der Waals surface area (Å²) < 4.78 is 5.49. The number of allylic oxidation sites excluding steroid dienone is 4. The van der Waals surface area contributed by atoms with Crippen LogP contribution in [0.3, 0.4) is 0 Å². The van der Waals surface area contributed by atoms with Crippen LogP contribution in [-0.2, 0) is 14.3 Å². The number of ether oxygens (including phenoxy) is 1. The Balaban J connectivity index is 3.42. The minimum absolute atomic E-state index is 0.0108. The third-order valence-electron chi connectivity index (χ3n) is 14.5. The van der Waals surface area contributed by atoms with Gasteiger partial charge in [-0.15, -0.1) is 0 Å². The fourth-order valence-corrected chi connectivity index (χ4v) is 9.73. The first-order valence-electron chi connectivity index (χ1n) is 31.1. The number of hydrogen-bond acceptors (Lipinski definition) is 5. The van der Waals surface area contributed by atoms with Crippen LogP contribution in [0, 0.1) is 0 Å². The number of hydrogen-bond donors (Lipinski definition) is 3. The summed E-state index contributed by atoms with van der Waals surface area (Å²) in [6, 6.07) is -0.548. The summed E-state index contributed by atoms with van der Waals surface area (Å²) in [5, 5.41) is 23.2. The molecule has 0 aromatic carbocycles. The molecule has 6 heteroatoms. The number of carbonyl (C=O) groups is 2. The lowest BCUT2D eigenvalue weighted by atomic mass is 10.0. The van der Waals surface area contributed by atoms with E-state index >= 15 is 0 Å². The topological polar surface area (TPSA) is 95.9 Å². The molecule has 0 aliphatic carbocycles. The Labute approximate surface area is 431 Å². The van der Waals surface area contributed by atoms with Crippen LogP contribution in [0.2, 0.25) is 0 Å². The third-order valence-corrected chi connectivity index (χ3v) is 14.5. The monoisotopic (exact) mass is 972 g/mol. The van der Waals surface area contributed by atoms with E-state index in [9.17, 15) is 19.8 Å². The molecule has 1 amide bonds. The molecule has 0 spiro atoms. The summed E-state index contributed by atoms with van der Waals surface area (Å²) in [5.74, 6) is -0.0336. The van der Waals surface area contributed by atoms with Crippen LogP contribution in [0.15, 0.2) is 24.3 Å². The smallest absolute Gasteiger partial charge is 0.305 e. The van der Waals surface area contributed by atoms with Gasteiger partial charge in [-0.3, -0.25) is 9.59 Å². The lowest BCUT2D eigenvalue weighted by Gasteiger charge is -2.22. The third kappa shape index (κ3) is 55.5. The van der Waals surface area contributed by atoms with Gasteiger partial charge in [0.1, 0.15) is 0 Å². The van der Waals surface area contributed by atoms with E-state index in [4.69, 9.17) is 4.74 Å². The molecule has 6 nitrogen and oxygen atoms in total. The van der Waals surface area contributed by atoms with Crippen LogP contribution >= 0.6 is 0 Å². The molecule has 408 valence electrons. The van der Waals surface area contributed by atoms with Crippen molar-refractivity contribution in [3.63, 3.8) is 0 Å². The average Bonchev–Trinajstić information content (AvgIpc) is 3.35. The van der Waals surface area contributed by atoms with Gasteiger partial charge in [-0.05, 0) is 57.8 Å². The summed E-state index contributed by atoms with van der Waals surface area (Å²) in [4.78, 5) is 24.5. The van der Waals surface area contributed by atoms with Crippen LogP contribution in [0.5, 0.6) is 0 Å². The molecular formula is C63H121NO5. The minimum atomic E-state index is -0.670. The SMILES string of the molecule is CCCCCCCCCCCCCCCCCCC(=O)OCCCCCCCCCCC/C=C\C/C=C\CCCCCCCCCC(=O)NC(CO)C(O)CCCCCCCCCCCCCCC. The largest absolute Gasteiger partial charge is 0.466 e. The van der Waals surface area contributed by atoms with Crippen molar-refractivity contribution in [3.8, 4) is 0 Å². The van der Waals surface area contributed by atoms with Crippen LogP contribution in [0.25, 0.3) is 0 Å². The fraction of sp³-hybridized carbons (Fsp3) is 0.905. The van der Waals surface area contributed by atoms with Crippen molar-refractivity contribution >= 4 is 11.9 Å². The molecule has 0 aromatic rings. The summed E-state index contributed by atoms with van der Waals surface area (Å²) >= 11 is 0. The Bertz CT molecular complexity index is 1080. The van der Waals surface area contributed by atoms with Crippen LogP contribution < -0.4 is 5.32 Å². The summed E-state index contributed by atoms with van der Waals surface area (Å²) in [5.41, 5.74) is 0. The van der Waals surface area contributed by atoms with Crippen molar-refractivity contribution in [2.24, 2.45) is 0 Å².